The molecule has 7 nitrogen and oxygen atoms in total. The molecule has 1 atom stereocenters. The van der Waals surface area contributed by atoms with Gasteiger partial charge in [0.25, 0.3) is 5.91 Å². The highest BCUT2D eigenvalue weighted by atomic mass is 35.5. The molecule has 1 aliphatic heterocycles. The molecule has 0 radical (unpaired) electrons. The lowest BCUT2D eigenvalue weighted by molar-refractivity contribution is -0.124. The zero-order valence-electron chi connectivity index (χ0n) is 14.5. The van der Waals surface area contributed by atoms with E-state index in [-0.39, 0.29) is 11.8 Å². The van der Waals surface area contributed by atoms with Gasteiger partial charge in [-0.25, -0.2) is 4.98 Å². The second-order valence-corrected chi connectivity index (χ2v) is 7.00. The number of anilines is 1. The maximum atomic E-state index is 12.8. The first kappa shape index (κ1) is 19.4. The van der Waals surface area contributed by atoms with Crippen molar-refractivity contribution in [3.05, 3.63) is 52.4 Å². The Labute approximate surface area is 167 Å². The molecule has 0 bridgehead atoms. The van der Waals surface area contributed by atoms with E-state index in [1.165, 1.54) is 0 Å². The van der Waals surface area contributed by atoms with Gasteiger partial charge in [-0.05, 0) is 31.0 Å². The topological polar surface area (TPSA) is 87.2 Å². The van der Waals surface area contributed by atoms with E-state index in [1.807, 2.05) is 0 Å². The van der Waals surface area contributed by atoms with Gasteiger partial charge in [-0.15, -0.1) is 0 Å². The molecule has 0 saturated carbocycles. The molecule has 1 aliphatic rings. The van der Waals surface area contributed by atoms with Crippen LogP contribution in [0.3, 0.4) is 0 Å². The van der Waals surface area contributed by atoms with Gasteiger partial charge in [-0.1, -0.05) is 23.2 Å². The van der Waals surface area contributed by atoms with Crippen LogP contribution < -0.4 is 10.6 Å². The van der Waals surface area contributed by atoms with Crippen molar-refractivity contribution in [2.45, 2.75) is 18.9 Å². The smallest absolute Gasteiger partial charge is 0.254 e. The minimum absolute atomic E-state index is 0.171. The largest absolute Gasteiger partial charge is 0.367 e. The molecular formula is C18H19Cl2N5O2. The number of hydrogen-bond donors (Lipinski definition) is 2. The third-order valence-corrected chi connectivity index (χ3v) is 4.66. The molecule has 1 saturated heterocycles. The predicted octanol–water partition coefficient (Wildman–Crippen LogP) is 2.62. The summed E-state index contributed by atoms with van der Waals surface area (Å²) in [7, 11) is 0. The molecule has 0 unspecified atom stereocenters. The minimum Gasteiger partial charge on any atom is -0.367 e. The quantitative estimate of drug-likeness (QED) is 0.718. The summed E-state index contributed by atoms with van der Waals surface area (Å²) in [6.07, 6.45) is 6.19. The summed E-state index contributed by atoms with van der Waals surface area (Å²) in [6, 6.07) is 4.20. The number of likely N-dealkylation sites (tertiary alicyclic amines) is 1. The van der Waals surface area contributed by atoms with E-state index in [9.17, 15) is 9.59 Å². The number of benzene rings is 1. The van der Waals surface area contributed by atoms with Crippen molar-refractivity contribution in [3.63, 3.8) is 0 Å². The predicted molar refractivity (Wildman–Crippen MR) is 104 cm³/mol. The maximum Gasteiger partial charge on any atom is 0.254 e. The van der Waals surface area contributed by atoms with Crippen molar-refractivity contribution in [3.8, 4) is 0 Å². The Kier molecular flexibility index (Phi) is 6.47. The molecule has 1 fully saturated rings. The monoisotopic (exact) mass is 407 g/mol. The normalized spacial score (nSPS) is 16.2. The number of nitrogens with one attached hydrogen (secondary N) is 2. The van der Waals surface area contributed by atoms with E-state index < -0.39 is 6.04 Å². The SMILES string of the molecule is O=C(NCCNc1cnccn1)[C@H]1CCCN1C(=O)c1cc(Cl)cc(Cl)c1. The maximum absolute atomic E-state index is 12.8. The van der Waals surface area contributed by atoms with Crippen LogP contribution in [0.5, 0.6) is 0 Å². The van der Waals surface area contributed by atoms with Gasteiger partial charge in [0.2, 0.25) is 5.91 Å². The fourth-order valence-electron chi connectivity index (χ4n) is 3.01. The summed E-state index contributed by atoms with van der Waals surface area (Å²) in [5.74, 6) is 0.229. The molecule has 27 heavy (non-hydrogen) atoms. The molecule has 2 N–H and O–H groups in total. The highest BCUT2D eigenvalue weighted by molar-refractivity contribution is 6.35. The van der Waals surface area contributed by atoms with Crippen LogP contribution in [0.1, 0.15) is 23.2 Å². The van der Waals surface area contributed by atoms with Gasteiger partial charge in [0.1, 0.15) is 11.9 Å². The van der Waals surface area contributed by atoms with Crippen LogP contribution in [0.2, 0.25) is 10.0 Å². The molecule has 2 aromatic rings. The highest BCUT2D eigenvalue weighted by Crippen LogP contribution is 2.24. The minimum atomic E-state index is -0.494. The molecule has 2 amide bonds. The summed E-state index contributed by atoms with van der Waals surface area (Å²) in [5, 5.41) is 6.70. The Morgan fingerprint density at radius 3 is 2.63 bits per heavy atom. The third-order valence-electron chi connectivity index (χ3n) is 4.22. The molecule has 1 aromatic heterocycles. The van der Waals surface area contributed by atoms with Gasteiger partial charge in [-0.3, -0.25) is 14.6 Å². The van der Waals surface area contributed by atoms with E-state index in [0.29, 0.717) is 47.5 Å². The molecule has 0 spiro atoms. The molecule has 2 heterocycles. The third kappa shape index (κ3) is 5.08. The molecule has 0 aliphatic carbocycles. The summed E-state index contributed by atoms with van der Waals surface area (Å²) in [6.45, 7) is 1.45. The molecule has 142 valence electrons. The lowest BCUT2D eigenvalue weighted by Crippen LogP contribution is -2.46. The summed E-state index contributed by atoms with van der Waals surface area (Å²) < 4.78 is 0. The lowest BCUT2D eigenvalue weighted by Gasteiger charge is -2.24. The van der Waals surface area contributed by atoms with Gasteiger partial charge in [0, 0.05) is 47.6 Å². The summed E-state index contributed by atoms with van der Waals surface area (Å²) >= 11 is 12.0. The van der Waals surface area contributed by atoms with Crippen LogP contribution in [0.4, 0.5) is 5.82 Å². The summed E-state index contributed by atoms with van der Waals surface area (Å²) in [4.78, 5) is 34.9. The van der Waals surface area contributed by atoms with Gasteiger partial charge >= 0.3 is 0 Å². The number of aromatic nitrogens is 2. The summed E-state index contributed by atoms with van der Waals surface area (Å²) in [5.41, 5.74) is 0.386. The van der Waals surface area contributed by atoms with Gasteiger partial charge in [-0.2, -0.15) is 0 Å². The van der Waals surface area contributed by atoms with Gasteiger partial charge < -0.3 is 15.5 Å². The van der Waals surface area contributed by atoms with Crippen molar-refractivity contribution < 1.29 is 9.59 Å². The number of carbonyl (C=O) groups excluding carboxylic acids is 2. The van der Waals surface area contributed by atoms with Crippen LogP contribution in [-0.2, 0) is 4.79 Å². The van der Waals surface area contributed by atoms with E-state index in [1.54, 1.807) is 41.7 Å². The van der Waals surface area contributed by atoms with Crippen LogP contribution in [0.15, 0.2) is 36.8 Å². The van der Waals surface area contributed by atoms with Crippen LogP contribution >= 0.6 is 23.2 Å². The number of amides is 2. The second-order valence-electron chi connectivity index (χ2n) is 6.12. The number of nitrogens with zero attached hydrogens (tertiary/aromatic N) is 3. The average molecular weight is 408 g/mol. The Morgan fingerprint density at radius 2 is 1.93 bits per heavy atom. The first-order valence-electron chi connectivity index (χ1n) is 8.59. The molecule has 1 aromatic carbocycles. The van der Waals surface area contributed by atoms with E-state index >= 15 is 0 Å². The van der Waals surface area contributed by atoms with Crippen LogP contribution in [0, 0.1) is 0 Å². The molecule has 3 rings (SSSR count). The average Bonchev–Trinajstić information content (AvgIpc) is 3.14. The van der Waals surface area contributed by atoms with Gasteiger partial charge in [0.15, 0.2) is 0 Å². The van der Waals surface area contributed by atoms with Crippen molar-refractivity contribution >= 4 is 40.8 Å². The number of rotatable bonds is 6. The Bertz CT molecular complexity index is 798. The number of halogens is 2. The van der Waals surface area contributed by atoms with Crippen LogP contribution in [-0.4, -0.2) is 52.4 Å². The Balaban J connectivity index is 1.55. The van der Waals surface area contributed by atoms with Crippen LogP contribution in [0.25, 0.3) is 0 Å². The van der Waals surface area contributed by atoms with E-state index in [0.717, 1.165) is 6.42 Å². The van der Waals surface area contributed by atoms with E-state index in [2.05, 4.69) is 20.6 Å². The van der Waals surface area contributed by atoms with Crippen molar-refractivity contribution in [1.82, 2.24) is 20.2 Å². The number of carbonyl (C=O) groups is 2. The zero-order valence-corrected chi connectivity index (χ0v) is 16.0. The Hall–Kier alpha value is -2.38. The molecular weight excluding hydrogens is 389 g/mol. The first-order chi connectivity index (χ1) is 13.0. The number of hydrogen-bond acceptors (Lipinski definition) is 5. The fraction of sp³-hybridized carbons (Fsp3) is 0.333. The first-order valence-corrected chi connectivity index (χ1v) is 9.35. The Morgan fingerprint density at radius 1 is 1.15 bits per heavy atom. The second kappa shape index (κ2) is 9.01. The fourth-order valence-corrected chi connectivity index (χ4v) is 3.54. The lowest BCUT2D eigenvalue weighted by atomic mass is 10.1. The zero-order chi connectivity index (χ0) is 19.2. The standard InChI is InChI=1S/C18H19Cl2N5O2/c19-13-8-12(9-14(20)10-13)18(27)25-7-1-2-15(25)17(26)24-6-5-23-16-11-21-3-4-22-16/h3-4,8-11,15H,1-2,5-7H2,(H,22,23)(H,24,26)/t15-/m1/s1. The molecule has 9 heteroatoms. The van der Waals surface area contributed by atoms with Crippen molar-refractivity contribution in [1.29, 1.82) is 0 Å². The van der Waals surface area contributed by atoms with E-state index in [4.69, 9.17) is 23.2 Å². The highest BCUT2D eigenvalue weighted by Gasteiger charge is 2.34. The van der Waals surface area contributed by atoms with Gasteiger partial charge in [0.05, 0.1) is 6.20 Å². The van der Waals surface area contributed by atoms with Crippen molar-refractivity contribution in [2.75, 3.05) is 25.0 Å². The van der Waals surface area contributed by atoms with Crippen molar-refractivity contribution in [2.24, 2.45) is 0 Å².